The molecule has 34 heavy (non-hydrogen) atoms. The van der Waals surface area contributed by atoms with Gasteiger partial charge in [0.1, 0.15) is 17.1 Å². The molecule has 2 aromatic carbocycles. The second kappa shape index (κ2) is 9.54. The fourth-order valence-corrected chi connectivity index (χ4v) is 5.69. The van der Waals surface area contributed by atoms with Gasteiger partial charge in [0.25, 0.3) is 0 Å². The average molecular weight is 478 g/mol. The number of para-hydroxylation sites is 1. The summed E-state index contributed by atoms with van der Waals surface area (Å²) in [4.78, 5) is 11.9. The number of pyridine rings is 1. The van der Waals surface area contributed by atoms with Crippen LogP contribution in [0, 0.1) is 0 Å². The van der Waals surface area contributed by atoms with Crippen LogP contribution >= 0.6 is 0 Å². The van der Waals surface area contributed by atoms with Crippen molar-refractivity contribution in [2.45, 2.75) is 18.4 Å². The van der Waals surface area contributed by atoms with Crippen LogP contribution in [0.3, 0.4) is 0 Å². The molecule has 176 valence electrons. The van der Waals surface area contributed by atoms with Crippen molar-refractivity contribution in [2.75, 3.05) is 32.8 Å². The highest BCUT2D eigenvalue weighted by Gasteiger charge is 2.29. The maximum atomic E-state index is 13.1. The van der Waals surface area contributed by atoms with Gasteiger partial charge in [0, 0.05) is 38.1 Å². The standard InChI is InChI=1S/C25H27N5O3S/c1-2-33-21-10-12-22(13-11-21)34(31,32)29-17-15-28(16-18-29)19-24-27-23-9-6-14-26-25(23)30(24)20-7-4-3-5-8-20/h3-14H,2,15-19H2,1H3. The van der Waals surface area contributed by atoms with Gasteiger partial charge >= 0.3 is 0 Å². The highest BCUT2D eigenvalue weighted by atomic mass is 32.2. The van der Waals surface area contributed by atoms with Crippen molar-refractivity contribution in [1.29, 1.82) is 0 Å². The number of hydrogen-bond donors (Lipinski definition) is 0. The molecule has 0 N–H and O–H groups in total. The van der Waals surface area contributed by atoms with Crippen LogP contribution in [0.25, 0.3) is 16.9 Å². The molecule has 0 aliphatic carbocycles. The zero-order chi connectivity index (χ0) is 23.5. The maximum Gasteiger partial charge on any atom is 0.243 e. The summed E-state index contributed by atoms with van der Waals surface area (Å²) in [6.45, 7) is 5.17. The molecule has 2 aromatic heterocycles. The third-order valence-electron chi connectivity index (χ3n) is 5.97. The van der Waals surface area contributed by atoms with Gasteiger partial charge in [-0.2, -0.15) is 4.31 Å². The van der Waals surface area contributed by atoms with Crippen molar-refractivity contribution in [3.05, 3.63) is 78.8 Å². The van der Waals surface area contributed by atoms with Gasteiger partial charge in [-0.1, -0.05) is 18.2 Å². The molecule has 0 radical (unpaired) electrons. The number of imidazole rings is 1. The van der Waals surface area contributed by atoms with Crippen LogP contribution in [0.5, 0.6) is 5.75 Å². The lowest BCUT2D eigenvalue weighted by molar-refractivity contribution is 0.177. The van der Waals surface area contributed by atoms with Gasteiger partial charge in [0.15, 0.2) is 5.65 Å². The molecule has 5 rings (SSSR count). The molecular weight excluding hydrogens is 450 g/mol. The molecule has 0 bridgehead atoms. The fourth-order valence-electron chi connectivity index (χ4n) is 4.27. The van der Waals surface area contributed by atoms with Gasteiger partial charge in [0.2, 0.25) is 10.0 Å². The van der Waals surface area contributed by atoms with E-state index in [2.05, 4.69) is 14.5 Å². The second-order valence-electron chi connectivity index (χ2n) is 8.13. The number of ether oxygens (including phenoxy) is 1. The van der Waals surface area contributed by atoms with Crippen LogP contribution in [-0.2, 0) is 16.6 Å². The second-order valence-corrected chi connectivity index (χ2v) is 10.1. The molecule has 8 nitrogen and oxygen atoms in total. The van der Waals surface area contributed by atoms with Crippen molar-refractivity contribution >= 4 is 21.2 Å². The number of piperazine rings is 1. The lowest BCUT2D eigenvalue weighted by Crippen LogP contribution is -2.48. The van der Waals surface area contributed by atoms with Crippen molar-refractivity contribution in [3.63, 3.8) is 0 Å². The predicted octanol–water partition coefficient (Wildman–Crippen LogP) is 3.33. The Balaban J connectivity index is 1.32. The van der Waals surface area contributed by atoms with Crippen LogP contribution < -0.4 is 4.74 Å². The average Bonchev–Trinajstić information content (AvgIpc) is 3.23. The summed E-state index contributed by atoms with van der Waals surface area (Å²) in [6.07, 6.45) is 1.78. The Morgan fingerprint density at radius 2 is 1.65 bits per heavy atom. The summed E-state index contributed by atoms with van der Waals surface area (Å²) in [5.41, 5.74) is 2.67. The number of rotatable bonds is 7. The number of sulfonamides is 1. The van der Waals surface area contributed by atoms with Crippen molar-refractivity contribution in [3.8, 4) is 11.4 Å². The molecule has 1 aliphatic heterocycles. The zero-order valence-electron chi connectivity index (χ0n) is 19.0. The van der Waals surface area contributed by atoms with Gasteiger partial charge in [-0.25, -0.2) is 18.4 Å². The molecule has 0 saturated carbocycles. The Kier molecular flexibility index (Phi) is 6.32. The van der Waals surface area contributed by atoms with E-state index in [0.717, 1.165) is 22.7 Å². The van der Waals surface area contributed by atoms with E-state index in [4.69, 9.17) is 9.72 Å². The van der Waals surface area contributed by atoms with Crippen molar-refractivity contribution < 1.29 is 13.2 Å². The van der Waals surface area contributed by atoms with E-state index in [-0.39, 0.29) is 0 Å². The van der Waals surface area contributed by atoms with Gasteiger partial charge in [-0.15, -0.1) is 0 Å². The molecule has 9 heteroatoms. The Labute approximate surface area is 199 Å². The van der Waals surface area contributed by atoms with E-state index < -0.39 is 10.0 Å². The van der Waals surface area contributed by atoms with Gasteiger partial charge < -0.3 is 4.74 Å². The Morgan fingerprint density at radius 1 is 0.912 bits per heavy atom. The summed E-state index contributed by atoms with van der Waals surface area (Å²) in [5.74, 6) is 1.56. The lowest BCUT2D eigenvalue weighted by atomic mass is 10.3. The SMILES string of the molecule is CCOc1ccc(S(=O)(=O)N2CCN(Cc3nc4cccnc4n3-c3ccccc3)CC2)cc1. The van der Waals surface area contributed by atoms with E-state index in [1.165, 1.54) is 0 Å². The largest absolute Gasteiger partial charge is 0.494 e. The van der Waals surface area contributed by atoms with Gasteiger partial charge in [0.05, 0.1) is 18.0 Å². The normalized spacial score (nSPS) is 15.6. The Hall–Kier alpha value is -3.27. The smallest absolute Gasteiger partial charge is 0.243 e. The fraction of sp³-hybridized carbons (Fsp3) is 0.280. The molecule has 1 saturated heterocycles. The van der Waals surface area contributed by atoms with Crippen LogP contribution in [0.2, 0.25) is 0 Å². The number of fused-ring (bicyclic) bond motifs is 1. The molecule has 1 aliphatic rings. The third kappa shape index (κ3) is 4.42. The van der Waals surface area contributed by atoms with E-state index in [0.29, 0.717) is 50.0 Å². The minimum atomic E-state index is -3.54. The Bertz CT molecular complexity index is 1360. The predicted molar refractivity (Wildman–Crippen MR) is 131 cm³/mol. The lowest BCUT2D eigenvalue weighted by Gasteiger charge is -2.33. The van der Waals surface area contributed by atoms with E-state index in [1.54, 1.807) is 34.8 Å². The monoisotopic (exact) mass is 477 g/mol. The summed E-state index contributed by atoms with van der Waals surface area (Å²) in [6, 6.07) is 20.6. The molecule has 4 aromatic rings. The summed E-state index contributed by atoms with van der Waals surface area (Å²) in [5, 5.41) is 0. The number of benzene rings is 2. The minimum Gasteiger partial charge on any atom is -0.494 e. The minimum absolute atomic E-state index is 0.293. The summed E-state index contributed by atoms with van der Waals surface area (Å²) >= 11 is 0. The van der Waals surface area contributed by atoms with Crippen LogP contribution in [0.15, 0.2) is 77.8 Å². The number of hydrogen-bond acceptors (Lipinski definition) is 6. The van der Waals surface area contributed by atoms with Crippen LogP contribution in [-0.4, -0.2) is 64.9 Å². The highest BCUT2D eigenvalue weighted by Crippen LogP contribution is 2.23. The quantitative estimate of drug-likeness (QED) is 0.406. The zero-order valence-corrected chi connectivity index (χ0v) is 19.9. The molecular formula is C25H27N5O3S. The topological polar surface area (TPSA) is 80.6 Å². The van der Waals surface area contributed by atoms with Crippen molar-refractivity contribution in [1.82, 2.24) is 23.7 Å². The molecule has 0 atom stereocenters. The molecule has 0 unspecified atom stereocenters. The number of aromatic nitrogens is 3. The maximum absolute atomic E-state index is 13.1. The van der Waals surface area contributed by atoms with Gasteiger partial charge in [-0.3, -0.25) is 9.47 Å². The molecule has 0 amide bonds. The van der Waals surface area contributed by atoms with Crippen LogP contribution in [0.1, 0.15) is 12.7 Å². The first-order valence-corrected chi connectivity index (χ1v) is 12.8. The highest BCUT2D eigenvalue weighted by molar-refractivity contribution is 7.89. The first-order chi connectivity index (χ1) is 16.6. The molecule has 1 fully saturated rings. The molecule has 3 heterocycles. The Morgan fingerprint density at radius 3 is 2.35 bits per heavy atom. The number of nitrogens with zero attached hydrogens (tertiary/aromatic N) is 5. The third-order valence-corrected chi connectivity index (χ3v) is 7.88. The summed E-state index contributed by atoms with van der Waals surface area (Å²) in [7, 11) is -3.54. The first-order valence-electron chi connectivity index (χ1n) is 11.4. The van der Waals surface area contributed by atoms with Crippen molar-refractivity contribution in [2.24, 2.45) is 0 Å². The van der Waals surface area contributed by atoms with Gasteiger partial charge in [-0.05, 0) is 55.5 Å². The first kappa shape index (κ1) is 22.5. The van der Waals surface area contributed by atoms with E-state index in [9.17, 15) is 8.42 Å². The van der Waals surface area contributed by atoms with Crippen LogP contribution in [0.4, 0.5) is 0 Å². The molecule has 0 spiro atoms. The van der Waals surface area contributed by atoms with E-state index >= 15 is 0 Å². The summed E-state index contributed by atoms with van der Waals surface area (Å²) < 4.78 is 35.3. The van der Waals surface area contributed by atoms with E-state index in [1.807, 2.05) is 49.4 Å².